The fourth-order valence-electron chi connectivity index (χ4n) is 3.16. The van der Waals surface area contributed by atoms with Gasteiger partial charge >= 0.3 is 11.9 Å². The smallest absolute Gasteiger partial charge is 0.313 e. The molecule has 0 aliphatic carbocycles. The molecule has 0 aromatic carbocycles. The summed E-state index contributed by atoms with van der Waals surface area (Å²) < 4.78 is 10.5. The van der Waals surface area contributed by atoms with Crippen LogP contribution in [0.25, 0.3) is 0 Å². The summed E-state index contributed by atoms with van der Waals surface area (Å²) in [5.74, 6) is -0.882. The van der Waals surface area contributed by atoms with Crippen molar-refractivity contribution in [2.75, 3.05) is 13.2 Å². The molecule has 0 aromatic rings. The SMILES string of the molecule is CC(=O)O[C@H]1CCOC(=O)[C@H]2[C@@H]1ON1CCC[C@H]21. The van der Waals surface area contributed by atoms with Crippen molar-refractivity contribution in [2.24, 2.45) is 5.92 Å². The first-order valence-corrected chi connectivity index (χ1v) is 6.44. The van der Waals surface area contributed by atoms with E-state index >= 15 is 0 Å². The van der Waals surface area contributed by atoms with Crippen LogP contribution in [0.15, 0.2) is 0 Å². The van der Waals surface area contributed by atoms with Gasteiger partial charge in [0.05, 0.1) is 12.6 Å². The zero-order valence-corrected chi connectivity index (χ0v) is 10.3. The van der Waals surface area contributed by atoms with Crippen molar-refractivity contribution >= 4 is 11.9 Å². The monoisotopic (exact) mass is 255 g/mol. The van der Waals surface area contributed by atoms with Crippen LogP contribution in [0.4, 0.5) is 0 Å². The number of cyclic esters (lactones) is 1. The molecule has 3 heterocycles. The lowest BCUT2D eigenvalue weighted by atomic mass is 9.90. The zero-order valence-electron chi connectivity index (χ0n) is 10.3. The maximum absolute atomic E-state index is 12.0. The van der Waals surface area contributed by atoms with Crippen molar-refractivity contribution in [1.29, 1.82) is 0 Å². The van der Waals surface area contributed by atoms with E-state index in [4.69, 9.17) is 14.3 Å². The van der Waals surface area contributed by atoms with E-state index in [1.54, 1.807) is 0 Å². The number of hydrogen-bond donors (Lipinski definition) is 0. The van der Waals surface area contributed by atoms with Gasteiger partial charge in [0.25, 0.3) is 0 Å². The number of hydroxylamine groups is 2. The third kappa shape index (κ3) is 1.89. The highest BCUT2D eigenvalue weighted by molar-refractivity contribution is 5.75. The Bertz CT molecular complexity index is 371. The first-order chi connectivity index (χ1) is 8.66. The minimum atomic E-state index is -0.385. The van der Waals surface area contributed by atoms with E-state index in [2.05, 4.69) is 0 Å². The van der Waals surface area contributed by atoms with Crippen molar-refractivity contribution in [3.63, 3.8) is 0 Å². The normalized spacial score (nSPS) is 39.7. The Hall–Kier alpha value is -1.14. The Labute approximate surface area is 105 Å². The van der Waals surface area contributed by atoms with Crippen molar-refractivity contribution in [3.05, 3.63) is 0 Å². The van der Waals surface area contributed by atoms with E-state index in [1.807, 2.05) is 5.06 Å². The van der Waals surface area contributed by atoms with E-state index in [-0.39, 0.29) is 36.1 Å². The van der Waals surface area contributed by atoms with Crippen LogP contribution >= 0.6 is 0 Å². The lowest BCUT2D eigenvalue weighted by molar-refractivity contribution is -0.189. The van der Waals surface area contributed by atoms with E-state index in [1.165, 1.54) is 6.92 Å². The van der Waals surface area contributed by atoms with Crippen LogP contribution in [-0.2, 0) is 23.9 Å². The molecule has 0 N–H and O–H groups in total. The lowest BCUT2D eigenvalue weighted by Gasteiger charge is -2.22. The van der Waals surface area contributed by atoms with Crippen molar-refractivity contribution in [3.8, 4) is 0 Å². The molecule has 3 rings (SSSR count). The molecule has 6 nitrogen and oxygen atoms in total. The van der Waals surface area contributed by atoms with Crippen LogP contribution in [0.1, 0.15) is 26.2 Å². The largest absolute Gasteiger partial charge is 0.465 e. The third-order valence-electron chi connectivity index (χ3n) is 3.88. The summed E-state index contributed by atoms with van der Waals surface area (Å²) >= 11 is 0. The number of carbonyl (C=O) groups is 2. The fourth-order valence-corrected chi connectivity index (χ4v) is 3.16. The molecule has 3 aliphatic heterocycles. The highest BCUT2D eigenvalue weighted by Gasteiger charge is 2.54. The second kappa shape index (κ2) is 4.51. The summed E-state index contributed by atoms with van der Waals surface area (Å²) in [5.41, 5.74) is 0. The molecule has 100 valence electrons. The van der Waals surface area contributed by atoms with Gasteiger partial charge in [-0.1, -0.05) is 0 Å². The second-order valence-corrected chi connectivity index (χ2v) is 5.05. The Morgan fingerprint density at radius 3 is 3.06 bits per heavy atom. The zero-order chi connectivity index (χ0) is 12.7. The first-order valence-electron chi connectivity index (χ1n) is 6.44. The number of ether oxygens (including phenoxy) is 2. The predicted molar refractivity (Wildman–Crippen MR) is 59.2 cm³/mol. The van der Waals surface area contributed by atoms with Gasteiger partial charge in [-0.15, -0.1) is 0 Å². The molecule has 3 saturated heterocycles. The van der Waals surface area contributed by atoms with E-state index in [0.717, 1.165) is 19.4 Å². The first kappa shape index (κ1) is 11.9. The van der Waals surface area contributed by atoms with Gasteiger partial charge in [-0.05, 0) is 12.8 Å². The number of carbonyl (C=O) groups excluding carboxylic acids is 2. The predicted octanol–water partition coefficient (Wildman–Crippen LogP) is 0.259. The molecule has 3 aliphatic rings. The minimum absolute atomic E-state index is 0.0821. The summed E-state index contributed by atoms with van der Waals surface area (Å²) in [4.78, 5) is 28.9. The molecule has 0 radical (unpaired) electrons. The molecule has 18 heavy (non-hydrogen) atoms. The quantitative estimate of drug-likeness (QED) is 0.626. The Morgan fingerprint density at radius 1 is 1.44 bits per heavy atom. The van der Waals surface area contributed by atoms with Gasteiger partial charge in [0.1, 0.15) is 18.1 Å². The van der Waals surface area contributed by atoms with Crippen LogP contribution < -0.4 is 0 Å². The van der Waals surface area contributed by atoms with Crippen molar-refractivity contribution in [2.45, 2.75) is 44.4 Å². The van der Waals surface area contributed by atoms with E-state index in [0.29, 0.717) is 13.0 Å². The molecule has 0 aromatic heterocycles. The highest BCUT2D eigenvalue weighted by atomic mass is 16.7. The summed E-state index contributed by atoms with van der Waals surface area (Å²) in [6.45, 7) is 2.50. The van der Waals surface area contributed by atoms with Crippen LogP contribution in [0.2, 0.25) is 0 Å². The minimum Gasteiger partial charge on any atom is -0.465 e. The fraction of sp³-hybridized carbons (Fsp3) is 0.833. The molecular formula is C12H17NO5. The Balaban J connectivity index is 1.83. The second-order valence-electron chi connectivity index (χ2n) is 5.05. The topological polar surface area (TPSA) is 65.1 Å². The van der Waals surface area contributed by atoms with Gasteiger partial charge < -0.3 is 9.47 Å². The standard InChI is InChI=1S/C12H17NO5/c1-7(14)17-9-4-6-16-12(15)10-8-3-2-5-13(8)18-11(9)10/h8-11H,2-6H2,1H3/t8-,9+,10-,11-/m1/s1. The molecule has 0 spiro atoms. The summed E-state index contributed by atoms with van der Waals surface area (Å²) in [6, 6.07) is 0.0821. The average Bonchev–Trinajstić information content (AvgIpc) is 2.82. The Kier molecular flexibility index (Phi) is 2.99. The molecule has 0 bridgehead atoms. The highest BCUT2D eigenvalue weighted by Crippen LogP contribution is 2.39. The van der Waals surface area contributed by atoms with Gasteiger partial charge in [0.15, 0.2) is 0 Å². The van der Waals surface area contributed by atoms with Crippen LogP contribution in [0.5, 0.6) is 0 Å². The molecular weight excluding hydrogens is 238 g/mol. The number of hydrogen-bond acceptors (Lipinski definition) is 6. The molecule has 0 saturated carbocycles. The van der Waals surface area contributed by atoms with E-state index in [9.17, 15) is 9.59 Å². The van der Waals surface area contributed by atoms with Gasteiger partial charge in [0, 0.05) is 19.9 Å². The van der Waals surface area contributed by atoms with Crippen LogP contribution in [0.3, 0.4) is 0 Å². The Morgan fingerprint density at radius 2 is 2.28 bits per heavy atom. The van der Waals surface area contributed by atoms with Gasteiger partial charge in [-0.2, -0.15) is 5.06 Å². The lowest BCUT2D eigenvalue weighted by Crippen LogP contribution is -2.39. The van der Waals surface area contributed by atoms with Gasteiger partial charge in [-0.3, -0.25) is 14.4 Å². The van der Waals surface area contributed by atoms with Gasteiger partial charge in [0.2, 0.25) is 0 Å². The van der Waals surface area contributed by atoms with E-state index < -0.39 is 0 Å². The summed E-state index contributed by atoms with van der Waals surface area (Å²) in [5, 5.41) is 1.86. The maximum atomic E-state index is 12.0. The molecule has 0 unspecified atom stereocenters. The van der Waals surface area contributed by atoms with Crippen molar-refractivity contribution < 1.29 is 23.9 Å². The molecule has 6 heteroatoms. The number of fused-ring (bicyclic) bond motifs is 3. The molecule has 4 atom stereocenters. The number of rotatable bonds is 1. The summed E-state index contributed by atoms with van der Waals surface area (Å²) in [7, 11) is 0. The molecule has 3 fully saturated rings. The number of esters is 2. The average molecular weight is 255 g/mol. The summed E-state index contributed by atoms with van der Waals surface area (Å²) in [6.07, 6.45) is 1.70. The third-order valence-corrected chi connectivity index (χ3v) is 3.88. The van der Waals surface area contributed by atoms with Crippen LogP contribution in [0, 0.1) is 5.92 Å². The van der Waals surface area contributed by atoms with Gasteiger partial charge in [-0.25, -0.2) is 0 Å². The van der Waals surface area contributed by atoms with Crippen molar-refractivity contribution in [1.82, 2.24) is 5.06 Å². The van der Waals surface area contributed by atoms with Crippen LogP contribution in [-0.4, -0.2) is 48.4 Å². The maximum Gasteiger partial charge on any atom is 0.313 e. The number of nitrogens with zero attached hydrogens (tertiary/aromatic N) is 1. The molecule has 0 amide bonds.